The van der Waals surface area contributed by atoms with Gasteiger partial charge in [-0.25, -0.2) is 0 Å². The molecule has 0 saturated heterocycles. The Labute approximate surface area is 89.5 Å². The molecule has 0 aromatic rings. The molecule has 1 aliphatic rings. The number of hydrogen-bond acceptors (Lipinski definition) is 1. The van der Waals surface area contributed by atoms with Crippen LogP contribution < -0.4 is 5.73 Å². The van der Waals surface area contributed by atoms with E-state index < -0.39 is 0 Å². The van der Waals surface area contributed by atoms with Crippen molar-refractivity contribution in [3.05, 3.63) is 0 Å². The third-order valence-electron chi connectivity index (χ3n) is 4.16. The first-order valence-corrected chi connectivity index (χ1v) is 6.24. The van der Waals surface area contributed by atoms with Gasteiger partial charge in [0, 0.05) is 0 Å². The smallest absolute Gasteiger partial charge is 0.00205 e. The van der Waals surface area contributed by atoms with Gasteiger partial charge in [-0.3, -0.25) is 0 Å². The summed E-state index contributed by atoms with van der Waals surface area (Å²) in [4.78, 5) is 0. The normalized spacial score (nSPS) is 24.9. The van der Waals surface area contributed by atoms with Crippen LogP contribution in [0.25, 0.3) is 0 Å². The second-order valence-corrected chi connectivity index (χ2v) is 5.97. The molecule has 2 N–H and O–H groups in total. The number of unbranched alkanes of at least 4 members (excludes halogenated alkanes) is 1. The van der Waals surface area contributed by atoms with Crippen LogP contribution in [0.5, 0.6) is 0 Å². The molecule has 0 radical (unpaired) electrons. The third kappa shape index (κ3) is 2.98. The van der Waals surface area contributed by atoms with E-state index in [0.717, 1.165) is 6.54 Å². The first-order valence-electron chi connectivity index (χ1n) is 6.24. The van der Waals surface area contributed by atoms with Gasteiger partial charge >= 0.3 is 0 Å². The lowest BCUT2D eigenvalue weighted by molar-refractivity contribution is 0.0972. The zero-order valence-corrected chi connectivity index (χ0v) is 10.2. The fraction of sp³-hybridized carbons (Fsp3) is 1.00. The summed E-state index contributed by atoms with van der Waals surface area (Å²) >= 11 is 0. The molecule has 1 aliphatic carbocycles. The molecule has 0 spiro atoms. The Morgan fingerprint density at radius 1 is 1.07 bits per heavy atom. The van der Waals surface area contributed by atoms with Crippen LogP contribution in [0.1, 0.15) is 65.7 Å². The maximum absolute atomic E-state index is 5.97. The summed E-state index contributed by atoms with van der Waals surface area (Å²) in [5.41, 5.74) is 7.05. The van der Waals surface area contributed by atoms with Crippen LogP contribution in [0.15, 0.2) is 0 Å². The van der Waals surface area contributed by atoms with Gasteiger partial charge < -0.3 is 5.73 Å². The highest BCUT2D eigenvalue weighted by Crippen LogP contribution is 2.46. The molecule has 0 aromatic heterocycles. The summed E-state index contributed by atoms with van der Waals surface area (Å²) in [6, 6.07) is 0. The van der Waals surface area contributed by atoms with Crippen molar-refractivity contribution in [3.63, 3.8) is 0 Å². The van der Waals surface area contributed by atoms with Gasteiger partial charge in [-0.1, -0.05) is 33.6 Å². The summed E-state index contributed by atoms with van der Waals surface area (Å²) in [5.74, 6) is 0. The van der Waals surface area contributed by atoms with Crippen molar-refractivity contribution in [1.82, 2.24) is 0 Å². The minimum absolute atomic E-state index is 0.505. The Morgan fingerprint density at radius 2 is 1.64 bits per heavy atom. The molecule has 0 amide bonds. The van der Waals surface area contributed by atoms with E-state index in [0.29, 0.717) is 10.8 Å². The van der Waals surface area contributed by atoms with Crippen LogP contribution in [-0.4, -0.2) is 6.54 Å². The van der Waals surface area contributed by atoms with Gasteiger partial charge in [-0.2, -0.15) is 0 Å². The monoisotopic (exact) mass is 197 g/mol. The first kappa shape index (κ1) is 12.0. The van der Waals surface area contributed by atoms with E-state index in [-0.39, 0.29) is 0 Å². The van der Waals surface area contributed by atoms with Crippen molar-refractivity contribution in [3.8, 4) is 0 Å². The molecule has 0 aliphatic heterocycles. The molecule has 1 rings (SSSR count). The highest BCUT2D eigenvalue weighted by Gasteiger charge is 2.36. The lowest BCUT2D eigenvalue weighted by Gasteiger charge is -2.43. The van der Waals surface area contributed by atoms with Crippen LogP contribution >= 0.6 is 0 Å². The lowest BCUT2D eigenvalue weighted by atomic mass is 9.63. The molecule has 0 atom stereocenters. The maximum atomic E-state index is 5.97. The van der Waals surface area contributed by atoms with E-state index in [2.05, 4.69) is 20.8 Å². The SMILES string of the molecule is CCCCC1(CN)CCC(C)(C)CC1. The predicted octanol–water partition coefficient (Wildman–Crippen LogP) is 3.72. The largest absolute Gasteiger partial charge is 0.330 e. The van der Waals surface area contributed by atoms with Gasteiger partial charge in [-0.15, -0.1) is 0 Å². The van der Waals surface area contributed by atoms with Crippen molar-refractivity contribution >= 4 is 0 Å². The molecule has 0 bridgehead atoms. The van der Waals surface area contributed by atoms with Crippen molar-refractivity contribution < 1.29 is 0 Å². The fourth-order valence-corrected chi connectivity index (χ4v) is 2.57. The Morgan fingerprint density at radius 3 is 2.07 bits per heavy atom. The van der Waals surface area contributed by atoms with E-state index in [1.165, 1.54) is 44.9 Å². The number of hydrogen-bond donors (Lipinski definition) is 1. The topological polar surface area (TPSA) is 26.0 Å². The predicted molar refractivity (Wildman–Crippen MR) is 63.3 cm³/mol. The Balaban J connectivity index is 2.48. The average molecular weight is 197 g/mol. The van der Waals surface area contributed by atoms with E-state index in [9.17, 15) is 0 Å². The first-order chi connectivity index (χ1) is 6.54. The fourth-order valence-electron chi connectivity index (χ4n) is 2.57. The lowest BCUT2D eigenvalue weighted by Crippen LogP contribution is -2.37. The average Bonchev–Trinajstić information content (AvgIpc) is 2.18. The summed E-state index contributed by atoms with van der Waals surface area (Å²) in [6.07, 6.45) is 9.48. The molecule has 0 aromatic carbocycles. The standard InChI is InChI=1S/C13H27N/c1-4-5-6-13(11-14)9-7-12(2,3)8-10-13/h4-11,14H2,1-3H3. The molecule has 0 heterocycles. The van der Waals surface area contributed by atoms with Crippen molar-refractivity contribution in [2.75, 3.05) is 6.54 Å². The van der Waals surface area contributed by atoms with Gasteiger partial charge in [0.05, 0.1) is 0 Å². The minimum atomic E-state index is 0.505. The summed E-state index contributed by atoms with van der Waals surface area (Å²) in [7, 11) is 0. The molecule has 1 nitrogen and oxygen atoms in total. The summed E-state index contributed by atoms with van der Waals surface area (Å²) < 4.78 is 0. The molecular formula is C13H27N. The second-order valence-electron chi connectivity index (χ2n) is 5.97. The van der Waals surface area contributed by atoms with Crippen LogP contribution in [-0.2, 0) is 0 Å². The third-order valence-corrected chi connectivity index (χ3v) is 4.16. The van der Waals surface area contributed by atoms with Gasteiger partial charge in [0.15, 0.2) is 0 Å². The molecule has 1 fully saturated rings. The number of rotatable bonds is 4. The molecule has 1 saturated carbocycles. The summed E-state index contributed by atoms with van der Waals surface area (Å²) in [6.45, 7) is 7.97. The van der Waals surface area contributed by atoms with Crippen LogP contribution in [0.3, 0.4) is 0 Å². The zero-order chi connectivity index (χ0) is 10.7. The van der Waals surface area contributed by atoms with Gasteiger partial charge in [0.2, 0.25) is 0 Å². The van der Waals surface area contributed by atoms with Crippen molar-refractivity contribution in [2.45, 2.75) is 65.7 Å². The Bertz CT molecular complexity index is 162. The quantitative estimate of drug-likeness (QED) is 0.730. The van der Waals surface area contributed by atoms with Crippen LogP contribution in [0.2, 0.25) is 0 Å². The zero-order valence-electron chi connectivity index (χ0n) is 10.2. The Kier molecular flexibility index (Phi) is 4.00. The summed E-state index contributed by atoms with van der Waals surface area (Å²) in [5, 5.41) is 0. The van der Waals surface area contributed by atoms with E-state index in [1.807, 2.05) is 0 Å². The van der Waals surface area contributed by atoms with Crippen molar-refractivity contribution in [1.29, 1.82) is 0 Å². The van der Waals surface area contributed by atoms with Crippen LogP contribution in [0.4, 0.5) is 0 Å². The maximum Gasteiger partial charge on any atom is -0.00205 e. The van der Waals surface area contributed by atoms with Gasteiger partial charge in [0.25, 0.3) is 0 Å². The Hall–Kier alpha value is -0.0400. The molecule has 0 unspecified atom stereocenters. The number of nitrogens with two attached hydrogens (primary N) is 1. The highest BCUT2D eigenvalue weighted by molar-refractivity contribution is 4.89. The van der Waals surface area contributed by atoms with Crippen molar-refractivity contribution in [2.24, 2.45) is 16.6 Å². The highest BCUT2D eigenvalue weighted by atomic mass is 14.6. The van der Waals surface area contributed by atoms with Crippen LogP contribution in [0, 0.1) is 10.8 Å². The van der Waals surface area contributed by atoms with E-state index in [4.69, 9.17) is 5.73 Å². The molecule has 1 heteroatoms. The van der Waals surface area contributed by atoms with Gasteiger partial charge in [-0.05, 0) is 49.5 Å². The van der Waals surface area contributed by atoms with Gasteiger partial charge in [0.1, 0.15) is 0 Å². The molecular weight excluding hydrogens is 170 g/mol. The van der Waals surface area contributed by atoms with E-state index in [1.54, 1.807) is 0 Å². The minimum Gasteiger partial charge on any atom is -0.330 e. The molecule has 14 heavy (non-hydrogen) atoms. The molecule has 84 valence electrons. The van der Waals surface area contributed by atoms with E-state index >= 15 is 0 Å². The second kappa shape index (κ2) is 4.65.